The normalized spacial score (nSPS) is 23.8. The Kier molecular flexibility index (Phi) is 5.38. The topological polar surface area (TPSA) is 12.0 Å². The molecule has 1 nitrogen and oxygen atoms in total. The molecule has 1 fully saturated rings. The molecule has 0 radical (unpaired) electrons. The molecule has 1 aromatic carbocycles. The molecule has 0 unspecified atom stereocenters. The van der Waals surface area contributed by atoms with E-state index in [-0.39, 0.29) is 5.82 Å². The van der Waals surface area contributed by atoms with Crippen LogP contribution >= 0.6 is 0 Å². The van der Waals surface area contributed by atoms with Crippen molar-refractivity contribution in [1.29, 1.82) is 0 Å². The molecule has 1 aliphatic rings. The average Bonchev–Trinajstić information content (AvgIpc) is 2.41. The van der Waals surface area contributed by atoms with E-state index in [1.54, 1.807) is 0 Å². The van der Waals surface area contributed by atoms with Gasteiger partial charge in [-0.3, -0.25) is 0 Å². The smallest absolute Gasteiger partial charge is 0.123 e. The summed E-state index contributed by atoms with van der Waals surface area (Å²) in [4.78, 5) is 0. The molecule has 0 heterocycles. The molecular formula is C17H26FN. The van der Waals surface area contributed by atoms with Crippen LogP contribution in [0.5, 0.6) is 0 Å². The van der Waals surface area contributed by atoms with Gasteiger partial charge in [-0.1, -0.05) is 26.0 Å². The molecule has 0 spiro atoms. The second kappa shape index (κ2) is 7.04. The van der Waals surface area contributed by atoms with Gasteiger partial charge in [0, 0.05) is 6.54 Å². The van der Waals surface area contributed by atoms with Gasteiger partial charge in [0.25, 0.3) is 0 Å². The van der Waals surface area contributed by atoms with Crippen LogP contribution in [0.1, 0.15) is 45.1 Å². The van der Waals surface area contributed by atoms with Crippen molar-refractivity contribution in [2.75, 3.05) is 6.54 Å². The van der Waals surface area contributed by atoms with Gasteiger partial charge in [-0.05, 0) is 67.7 Å². The summed E-state index contributed by atoms with van der Waals surface area (Å²) in [6.07, 6.45) is 5.50. The highest BCUT2D eigenvalue weighted by Crippen LogP contribution is 2.32. The maximum Gasteiger partial charge on any atom is 0.123 e. The molecule has 1 aromatic rings. The van der Waals surface area contributed by atoms with Crippen molar-refractivity contribution in [3.8, 4) is 0 Å². The van der Waals surface area contributed by atoms with Gasteiger partial charge in [0.15, 0.2) is 0 Å². The van der Waals surface area contributed by atoms with Crippen LogP contribution in [0, 0.1) is 23.6 Å². The minimum atomic E-state index is -0.157. The molecule has 2 heteroatoms. The highest BCUT2D eigenvalue weighted by molar-refractivity contribution is 5.15. The first kappa shape index (κ1) is 14.5. The Labute approximate surface area is 116 Å². The number of benzene rings is 1. The van der Waals surface area contributed by atoms with E-state index in [9.17, 15) is 4.39 Å². The van der Waals surface area contributed by atoms with Gasteiger partial charge in [0.05, 0.1) is 0 Å². The van der Waals surface area contributed by atoms with E-state index in [2.05, 4.69) is 19.2 Å². The van der Waals surface area contributed by atoms with Gasteiger partial charge in [-0.25, -0.2) is 4.39 Å². The van der Waals surface area contributed by atoms with Crippen molar-refractivity contribution in [3.05, 3.63) is 35.6 Å². The van der Waals surface area contributed by atoms with Gasteiger partial charge in [-0.15, -0.1) is 0 Å². The number of nitrogens with one attached hydrogen (secondary N) is 1. The van der Waals surface area contributed by atoms with Crippen LogP contribution in [-0.4, -0.2) is 6.54 Å². The minimum absolute atomic E-state index is 0.157. The molecule has 0 bridgehead atoms. The predicted molar refractivity (Wildman–Crippen MR) is 78.4 cm³/mol. The van der Waals surface area contributed by atoms with Gasteiger partial charge in [-0.2, -0.15) is 0 Å². The first-order valence-corrected chi connectivity index (χ1v) is 7.60. The van der Waals surface area contributed by atoms with Crippen LogP contribution in [0.4, 0.5) is 4.39 Å². The summed E-state index contributed by atoms with van der Waals surface area (Å²) in [5.41, 5.74) is 1.16. The maximum atomic E-state index is 12.8. The molecule has 1 aliphatic carbocycles. The van der Waals surface area contributed by atoms with Gasteiger partial charge in [0.1, 0.15) is 5.82 Å². The zero-order valence-electron chi connectivity index (χ0n) is 12.2. The van der Waals surface area contributed by atoms with Crippen LogP contribution in [-0.2, 0) is 6.54 Å². The molecule has 2 rings (SSSR count). The van der Waals surface area contributed by atoms with E-state index >= 15 is 0 Å². The van der Waals surface area contributed by atoms with Gasteiger partial charge < -0.3 is 5.32 Å². The standard InChI is InChI=1S/C17H26FN/c1-13(2)16-7-3-14(4-8-16)11-19-12-15-5-9-17(18)10-6-15/h5-6,9-10,13-14,16,19H,3-4,7-8,11-12H2,1-2H3. The fraction of sp³-hybridized carbons (Fsp3) is 0.647. The molecule has 0 atom stereocenters. The van der Waals surface area contributed by atoms with Crippen LogP contribution in [0.3, 0.4) is 0 Å². The largest absolute Gasteiger partial charge is 0.312 e. The number of halogens is 1. The lowest BCUT2D eigenvalue weighted by atomic mass is 9.77. The molecule has 19 heavy (non-hydrogen) atoms. The second-order valence-electron chi connectivity index (χ2n) is 6.28. The quantitative estimate of drug-likeness (QED) is 0.831. The van der Waals surface area contributed by atoms with Crippen LogP contribution in [0.25, 0.3) is 0 Å². The van der Waals surface area contributed by atoms with Crippen LogP contribution < -0.4 is 5.32 Å². The van der Waals surface area contributed by atoms with Crippen LogP contribution in [0.15, 0.2) is 24.3 Å². The van der Waals surface area contributed by atoms with E-state index in [1.807, 2.05) is 12.1 Å². The SMILES string of the molecule is CC(C)C1CCC(CNCc2ccc(F)cc2)CC1. The van der Waals surface area contributed by atoms with Crippen molar-refractivity contribution >= 4 is 0 Å². The lowest BCUT2D eigenvalue weighted by Gasteiger charge is -2.31. The number of hydrogen-bond donors (Lipinski definition) is 1. The summed E-state index contributed by atoms with van der Waals surface area (Å²) >= 11 is 0. The molecule has 1 saturated carbocycles. The highest BCUT2D eigenvalue weighted by Gasteiger charge is 2.22. The van der Waals surface area contributed by atoms with E-state index < -0.39 is 0 Å². The number of rotatable bonds is 5. The Morgan fingerprint density at radius 3 is 2.32 bits per heavy atom. The van der Waals surface area contributed by atoms with Crippen molar-refractivity contribution in [3.63, 3.8) is 0 Å². The fourth-order valence-corrected chi connectivity index (χ4v) is 3.08. The van der Waals surface area contributed by atoms with E-state index in [4.69, 9.17) is 0 Å². The monoisotopic (exact) mass is 263 g/mol. The van der Waals surface area contributed by atoms with E-state index in [1.165, 1.54) is 37.8 Å². The minimum Gasteiger partial charge on any atom is -0.312 e. The number of hydrogen-bond acceptors (Lipinski definition) is 1. The molecule has 0 amide bonds. The summed E-state index contributed by atoms with van der Waals surface area (Å²) in [5, 5.41) is 3.51. The summed E-state index contributed by atoms with van der Waals surface area (Å²) in [6, 6.07) is 6.78. The van der Waals surface area contributed by atoms with Crippen molar-refractivity contribution in [2.24, 2.45) is 17.8 Å². The van der Waals surface area contributed by atoms with Crippen LogP contribution in [0.2, 0.25) is 0 Å². The zero-order valence-corrected chi connectivity index (χ0v) is 12.2. The molecule has 0 saturated heterocycles. The Morgan fingerprint density at radius 2 is 1.74 bits per heavy atom. The van der Waals surface area contributed by atoms with Gasteiger partial charge >= 0.3 is 0 Å². The lowest BCUT2D eigenvalue weighted by Crippen LogP contribution is -2.27. The molecule has 1 N–H and O–H groups in total. The third-order valence-electron chi connectivity index (χ3n) is 4.51. The summed E-state index contributed by atoms with van der Waals surface area (Å²) in [7, 11) is 0. The third kappa shape index (κ3) is 4.61. The Bertz CT molecular complexity index is 363. The van der Waals surface area contributed by atoms with Crippen molar-refractivity contribution in [2.45, 2.75) is 46.1 Å². The molecular weight excluding hydrogens is 237 g/mol. The Balaban J connectivity index is 1.65. The Hall–Kier alpha value is -0.890. The summed E-state index contributed by atoms with van der Waals surface area (Å²) in [5.74, 6) is 2.45. The fourth-order valence-electron chi connectivity index (χ4n) is 3.08. The molecule has 106 valence electrons. The van der Waals surface area contributed by atoms with E-state index in [0.29, 0.717) is 0 Å². The van der Waals surface area contributed by atoms with E-state index in [0.717, 1.165) is 36.4 Å². The predicted octanol–water partition coefficient (Wildman–Crippen LogP) is 4.38. The maximum absolute atomic E-state index is 12.8. The Morgan fingerprint density at radius 1 is 1.11 bits per heavy atom. The molecule has 0 aliphatic heterocycles. The lowest BCUT2D eigenvalue weighted by molar-refractivity contribution is 0.220. The molecule has 0 aromatic heterocycles. The highest BCUT2D eigenvalue weighted by atomic mass is 19.1. The second-order valence-corrected chi connectivity index (χ2v) is 6.28. The third-order valence-corrected chi connectivity index (χ3v) is 4.51. The average molecular weight is 263 g/mol. The van der Waals surface area contributed by atoms with Crippen molar-refractivity contribution in [1.82, 2.24) is 5.32 Å². The summed E-state index contributed by atoms with van der Waals surface area (Å²) in [6.45, 7) is 6.64. The van der Waals surface area contributed by atoms with Gasteiger partial charge in [0.2, 0.25) is 0 Å². The first-order valence-electron chi connectivity index (χ1n) is 7.60. The summed E-state index contributed by atoms with van der Waals surface area (Å²) < 4.78 is 12.8. The first-order chi connectivity index (χ1) is 9.15. The van der Waals surface area contributed by atoms with Crippen molar-refractivity contribution < 1.29 is 4.39 Å². The zero-order chi connectivity index (χ0) is 13.7.